The zero-order chi connectivity index (χ0) is 18.0. The van der Waals surface area contributed by atoms with Crippen molar-refractivity contribution in [2.45, 2.75) is 17.9 Å². The maximum atomic E-state index is 12.6. The Morgan fingerprint density at radius 3 is 2.60 bits per heavy atom. The average Bonchev–Trinajstić information content (AvgIpc) is 2.61. The molecule has 1 N–H and O–H groups in total. The molecule has 4 rings (SSSR count). The van der Waals surface area contributed by atoms with E-state index in [9.17, 15) is 13.2 Å². The molecule has 3 aliphatic heterocycles. The van der Waals surface area contributed by atoms with Crippen LogP contribution in [-0.2, 0) is 14.8 Å². The second-order valence-electron chi connectivity index (χ2n) is 6.24. The van der Waals surface area contributed by atoms with E-state index in [1.54, 1.807) is 13.0 Å². The predicted molar refractivity (Wildman–Crippen MR) is 97.1 cm³/mol. The lowest BCUT2D eigenvalue weighted by Gasteiger charge is -2.47. The molecule has 3 aliphatic rings. The van der Waals surface area contributed by atoms with Crippen LogP contribution >= 0.6 is 15.9 Å². The van der Waals surface area contributed by atoms with Gasteiger partial charge in [0.05, 0.1) is 17.1 Å². The van der Waals surface area contributed by atoms with Crippen LogP contribution in [0.1, 0.15) is 17.3 Å². The Kier molecular flexibility index (Phi) is 5.79. The molecule has 2 bridgehead atoms. The highest BCUT2D eigenvalue weighted by Crippen LogP contribution is 2.21. The normalized spacial score (nSPS) is 25.8. The zero-order valence-corrected chi connectivity index (χ0v) is 16.5. The average molecular weight is 432 g/mol. The van der Waals surface area contributed by atoms with Gasteiger partial charge in [-0.2, -0.15) is 0 Å². The van der Waals surface area contributed by atoms with Crippen LogP contribution in [0.15, 0.2) is 27.6 Å². The number of sulfonamides is 1. The summed E-state index contributed by atoms with van der Waals surface area (Å²) in [5, 5.41) is 0. The number of hydrogen-bond acceptors (Lipinski definition) is 6. The van der Waals surface area contributed by atoms with Crippen molar-refractivity contribution in [3.8, 4) is 0 Å². The first-order valence-corrected chi connectivity index (χ1v) is 10.6. The number of carbonyl (C=O) groups is 1. The smallest absolute Gasteiger partial charge is 0.338 e. The van der Waals surface area contributed by atoms with Gasteiger partial charge in [-0.15, -0.1) is 0 Å². The van der Waals surface area contributed by atoms with Crippen LogP contribution in [0, 0.1) is 0 Å². The third-order valence-corrected chi connectivity index (χ3v) is 6.45. The fraction of sp³-hybridized carbons (Fsp3) is 0.562. The molecule has 1 atom stereocenters. The highest BCUT2D eigenvalue weighted by atomic mass is 79.9. The van der Waals surface area contributed by atoms with Gasteiger partial charge in [-0.3, -0.25) is 9.80 Å². The van der Waals surface area contributed by atoms with E-state index < -0.39 is 16.0 Å². The van der Waals surface area contributed by atoms with Crippen LogP contribution in [0.3, 0.4) is 0 Å². The minimum atomic E-state index is -3.70. The fourth-order valence-corrected chi connectivity index (χ4v) is 5.05. The molecule has 0 radical (unpaired) electrons. The first-order chi connectivity index (χ1) is 11.9. The predicted octanol–water partition coefficient (Wildman–Crippen LogP) is 0.904. The summed E-state index contributed by atoms with van der Waals surface area (Å²) >= 11 is 3.26. The van der Waals surface area contributed by atoms with Gasteiger partial charge in [-0.1, -0.05) is 15.9 Å². The highest BCUT2D eigenvalue weighted by Gasteiger charge is 2.32. The molecule has 0 spiro atoms. The van der Waals surface area contributed by atoms with E-state index in [2.05, 4.69) is 30.5 Å². The van der Waals surface area contributed by atoms with Gasteiger partial charge in [0.15, 0.2) is 0 Å². The Bertz CT molecular complexity index is 748. The molecule has 7 nitrogen and oxygen atoms in total. The van der Waals surface area contributed by atoms with Crippen molar-refractivity contribution < 1.29 is 17.9 Å². The number of piperazine rings is 3. The molecule has 0 aliphatic carbocycles. The van der Waals surface area contributed by atoms with E-state index in [0.29, 0.717) is 11.0 Å². The molecule has 25 heavy (non-hydrogen) atoms. The monoisotopic (exact) mass is 431 g/mol. The lowest BCUT2D eigenvalue weighted by atomic mass is 10.1. The van der Waals surface area contributed by atoms with Gasteiger partial charge in [0, 0.05) is 49.8 Å². The largest absolute Gasteiger partial charge is 0.462 e. The molecule has 1 aromatic carbocycles. The molecule has 0 saturated carbocycles. The van der Waals surface area contributed by atoms with Gasteiger partial charge >= 0.3 is 5.97 Å². The molecule has 1 aromatic rings. The minimum absolute atomic E-state index is 0.0567. The van der Waals surface area contributed by atoms with Gasteiger partial charge in [0.1, 0.15) is 0 Å². The number of nitrogens with zero attached hydrogens (tertiary/aromatic N) is 2. The number of carbonyl (C=O) groups excluding carboxylic acids is 1. The summed E-state index contributed by atoms with van der Waals surface area (Å²) < 4.78 is 33.5. The van der Waals surface area contributed by atoms with Gasteiger partial charge in [0.2, 0.25) is 10.0 Å². The summed E-state index contributed by atoms with van der Waals surface area (Å²) in [7, 11) is -3.70. The van der Waals surface area contributed by atoms with Gasteiger partial charge < -0.3 is 4.74 Å². The first-order valence-electron chi connectivity index (χ1n) is 8.33. The van der Waals surface area contributed by atoms with E-state index in [1.807, 2.05) is 0 Å². The number of ether oxygens (including phenoxy) is 1. The van der Waals surface area contributed by atoms with Crippen molar-refractivity contribution >= 4 is 31.9 Å². The second kappa shape index (κ2) is 7.71. The SMILES string of the molecule is CCOC(=O)c1cc(Br)cc(S(=O)(=O)NCC2CN3CCN2CC3)c1. The number of halogens is 1. The Labute approximate surface area is 156 Å². The van der Waals surface area contributed by atoms with Crippen LogP contribution in [0.5, 0.6) is 0 Å². The molecule has 138 valence electrons. The molecule has 3 fully saturated rings. The Morgan fingerprint density at radius 1 is 1.28 bits per heavy atom. The minimum Gasteiger partial charge on any atom is -0.462 e. The molecular formula is C16H22BrN3O4S. The van der Waals surface area contributed by atoms with Crippen molar-refractivity contribution in [2.75, 3.05) is 45.9 Å². The van der Waals surface area contributed by atoms with Crippen molar-refractivity contribution in [3.63, 3.8) is 0 Å². The maximum absolute atomic E-state index is 12.6. The maximum Gasteiger partial charge on any atom is 0.338 e. The van der Waals surface area contributed by atoms with E-state index in [1.165, 1.54) is 12.1 Å². The van der Waals surface area contributed by atoms with Gasteiger partial charge in [-0.05, 0) is 25.1 Å². The summed E-state index contributed by atoms with van der Waals surface area (Å²) in [4.78, 5) is 16.6. The van der Waals surface area contributed by atoms with Crippen molar-refractivity contribution in [3.05, 3.63) is 28.2 Å². The van der Waals surface area contributed by atoms with E-state index in [-0.39, 0.29) is 23.1 Å². The van der Waals surface area contributed by atoms with Crippen LogP contribution in [0.4, 0.5) is 0 Å². The molecule has 0 aromatic heterocycles. The third-order valence-electron chi connectivity index (χ3n) is 4.59. The molecule has 3 heterocycles. The topological polar surface area (TPSA) is 78.9 Å². The van der Waals surface area contributed by atoms with Crippen LogP contribution in [0.2, 0.25) is 0 Å². The lowest BCUT2D eigenvalue weighted by Crippen LogP contribution is -2.63. The fourth-order valence-electron chi connectivity index (χ4n) is 3.26. The Morgan fingerprint density at radius 2 is 2.00 bits per heavy atom. The van der Waals surface area contributed by atoms with E-state index >= 15 is 0 Å². The van der Waals surface area contributed by atoms with Crippen molar-refractivity contribution in [1.82, 2.24) is 14.5 Å². The number of esters is 1. The number of rotatable bonds is 6. The quantitative estimate of drug-likeness (QED) is 0.674. The molecule has 3 saturated heterocycles. The van der Waals surface area contributed by atoms with Crippen molar-refractivity contribution in [1.29, 1.82) is 0 Å². The summed E-state index contributed by atoms with van der Waals surface area (Å²) in [6, 6.07) is 4.58. The Hall–Kier alpha value is -1.00. The summed E-state index contributed by atoms with van der Waals surface area (Å²) in [6.07, 6.45) is 0. The van der Waals surface area contributed by atoms with E-state index in [0.717, 1.165) is 32.7 Å². The zero-order valence-electron chi connectivity index (χ0n) is 14.1. The van der Waals surface area contributed by atoms with Gasteiger partial charge in [0.25, 0.3) is 0 Å². The van der Waals surface area contributed by atoms with Crippen molar-refractivity contribution in [2.24, 2.45) is 0 Å². The number of hydrogen-bond donors (Lipinski definition) is 1. The summed E-state index contributed by atoms with van der Waals surface area (Å²) in [5.41, 5.74) is 0.211. The highest BCUT2D eigenvalue weighted by molar-refractivity contribution is 9.10. The molecule has 9 heteroatoms. The van der Waals surface area contributed by atoms with Crippen LogP contribution < -0.4 is 4.72 Å². The third kappa shape index (κ3) is 4.40. The Balaban J connectivity index is 1.72. The van der Waals surface area contributed by atoms with E-state index in [4.69, 9.17) is 4.74 Å². The first kappa shape index (κ1) is 18.8. The second-order valence-corrected chi connectivity index (χ2v) is 8.92. The number of nitrogens with one attached hydrogen (secondary N) is 1. The molecule has 1 unspecified atom stereocenters. The molecular weight excluding hydrogens is 410 g/mol. The summed E-state index contributed by atoms with van der Waals surface area (Å²) in [5.74, 6) is -0.538. The standard InChI is InChI=1S/C16H22BrN3O4S/c1-2-24-16(21)12-7-13(17)9-15(8-12)25(22,23)18-10-14-11-19-3-5-20(14)6-4-19/h7-9,14,18H,2-6,10-11H2,1H3. The van der Waals surface area contributed by atoms with Crippen LogP contribution in [0.25, 0.3) is 0 Å². The van der Waals surface area contributed by atoms with Crippen LogP contribution in [-0.4, -0.2) is 76.1 Å². The number of fused-ring (bicyclic) bond motifs is 3. The summed E-state index contributed by atoms with van der Waals surface area (Å²) in [6.45, 7) is 7.26. The lowest BCUT2D eigenvalue weighted by molar-refractivity contribution is 0.0158. The molecule has 0 amide bonds. The van der Waals surface area contributed by atoms with Gasteiger partial charge in [-0.25, -0.2) is 17.9 Å². The number of benzene rings is 1.